The van der Waals surface area contributed by atoms with Gasteiger partial charge in [-0.2, -0.15) is 0 Å². The highest BCUT2D eigenvalue weighted by molar-refractivity contribution is 6.31. The maximum Gasteiger partial charge on any atom is 0.142 e. The van der Waals surface area contributed by atoms with Crippen LogP contribution in [0, 0.1) is 11.7 Å². The van der Waals surface area contributed by atoms with Crippen LogP contribution in [0.1, 0.15) is 36.1 Å². The van der Waals surface area contributed by atoms with Crippen molar-refractivity contribution in [3.05, 3.63) is 64.4 Å². The predicted molar refractivity (Wildman–Crippen MR) is 85.6 cm³/mol. The summed E-state index contributed by atoms with van der Waals surface area (Å²) in [6.07, 6.45) is 2.04. The van der Waals surface area contributed by atoms with Crippen molar-refractivity contribution in [1.29, 1.82) is 0 Å². The van der Waals surface area contributed by atoms with Crippen molar-refractivity contribution >= 4 is 17.3 Å². The lowest BCUT2D eigenvalue weighted by Crippen LogP contribution is -2.36. The van der Waals surface area contributed by atoms with Gasteiger partial charge in [0.1, 0.15) is 5.82 Å². The number of halogens is 2. The topological polar surface area (TPSA) is 21.3 Å². The summed E-state index contributed by atoms with van der Waals surface area (Å²) in [5, 5.41) is 3.70. The summed E-state index contributed by atoms with van der Waals surface area (Å²) in [5.41, 5.74) is 3.00. The van der Waals surface area contributed by atoms with Gasteiger partial charge in [-0.1, -0.05) is 41.9 Å². The summed E-state index contributed by atoms with van der Waals surface area (Å²) in [6, 6.07) is 13.7. The Balaban J connectivity index is 1.81. The van der Waals surface area contributed by atoms with E-state index in [0.717, 1.165) is 30.7 Å². The van der Waals surface area contributed by atoms with Gasteiger partial charge in [-0.15, -0.1) is 0 Å². The number of rotatable bonds is 1. The van der Waals surface area contributed by atoms with E-state index in [4.69, 9.17) is 16.3 Å². The Morgan fingerprint density at radius 2 is 2.00 bits per heavy atom. The van der Waals surface area contributed by atoms with Crippen LogP contribution in [-0.2, 0) is 4.74 Å². The van der Waals surface area contributed by atoms with Gasteiger partial charge in [0, 0.05) is 23.8 Å². The first kappa shape index (κ1) is 14.0. The predicted octanol–water partition coefficient (Wildman–Crippen LogP) is 5.11. The monoisotopic (exact) mass is 317 g/mol. The maximum atomic E-state index is 13.9. The summed E-state index contributed by atoms with van der Waals surface area (Å²) in [6.45, 7) is 0.729. The first-order valence-corrected chi connectivity index (χ1v) is 8.04. The molecule has 0 spiro atoms. The largest absolute Gasteiger partial charge is 0.377 e. The van der Waals surface area contributed by atoms with Gasteiger partial charge in [0.05, 0.1) is 17.2 Å². The molecular formula is C18H17ClFNO. The van der Waals surface area contributed by atoms with E-state index in [-0.39, 0.29) is 23.0 Å². The lowest BCUT2D eigenvalue weighted by Gasteiger charge is -2.43. The first-order valence-electron chi connectivity index (χ1n) is 7.66. The quantitative estimate of drug-likeness (QED) is 0.788. The summed E-state index contributed by atoms with van der Waals surface area (Å²) >= 11 is 5.96. The molecule has 114 valence electrons. The Morgan fingerprint density at radius 3 is 2.82 bits per heavy atom. The van der Waals surface area contributed by atoms with E-state index in [9.17, 15) is 4.39 Å². The van der Waals surface area contributed by atoms with Gasteiger partial charge in [0.25, 0.3) is 0 Å². The second kappa shape index (κ2) is 5.56. The fourth-order valence-corrected chi connectivity index (χ4v) is 3.82. The first-order chi connectivity index (χ1) is 10.7. The molecule has 4 heteroatoms. The highest BCUT2D eigenvalue weighted by atomic mass is 35.5. The van der Waals surface area contributed by atoms with Crippen molar-refractivity contribution in [2.24, 2.45) is 5.92 Å². The van der Waals surface area contributed by atoms with E-state index in [1.54, 1.807) is 6.07 Å². The van der Waals surface area contributed by atoms with Crippen LogP contribution >= 0.6 is 11.6 Å². The fraction of sp³-hybridized carbons (Fsp3) is 0.333. The molecule has 1 fully saturated rings. The van der Waals surface area contributed by atoms with Gasteiger partial charge in [0.15, 0.2) is 0 Å². The second-order valence-electron chi connectivity index (χ2n) is 5.98. The van der Waals surface area contributed by atoms with Gasteiger partial charge in [-0.3, -0.25) is 0 Å². The van der Waals surface area contributed by atoms with Crippen LogP contribution in [0.2, 0.25) is 5.02 Å². The fourth-order valence-electron chi connectivity index (χ4n) is 3.65. The van der Waals surface area contributed by atoms with Crippen LogP contribution in [0.4, 0.5) is 10.1 Å². The Kier molecular flexibility index (Phi) is 3.55. The second-order valence-corrected chi connectivity index (χ2v) is 6.39. The van der Waals surface area contributed by atoms with Gasteiger partial charge >= 0.3 is 0 Å². The molecule has 2 aromatic rings. The highest BCUT2D eigenvalue weighted by Crippen LogP contribution is 2.49. The highest BCUT2D eigenvalue weighted by Gasteiger charge is 2.40. The average molecular weight is 318 g/mol. The van der Waals surface area contributed by atoms with Gasteiger partial charge in [-0.05, 0) is 30.5 Å². The third kappa shape index (κ3) is 2.29. The van der Waals surface area contributed by atoms with Crippen LogP contribution < -0.4 is 5.32 Å². The SMILES string of the molecule is Fc1cc2c(cc1Cl)N[C@H](c1ccccc1)[C@@H]1CCCO[C@H]21. The number of ether oxygens (including phenoxy) is 1. The standard InChI is InChI=1S/C18H17ClFNO/c19-14-10-16-13(9-15(14)20)18-12(7-4-8-22-18)17(21-16)11-5-2-1-3-6-11/h1-3,5-6,9-10,12,17-18,21H,4,7-8H2/t12-,17+,18-/m0/s1. The number of anilines is 1. The van der Waals surface area contributed by atoms with Crippen molar-refractivity contribution in [2.75, 3.05) is 11.9 Å². The zero-order valence-corrected chi connectivity index (χ0v) is 12.8. The third-order valence-corrected chi connectivity index (χ3v) is 4.95. The number of hydrogen-bond donors (Lipinski definition) is 1. The van der Waals surface area contributed by atoms with Crippen LogP contribution in [0.5, 0.6) is 0 Å². The minimum absolute atomic E-state index is 0.0676. The summed E-state index contributed by atoms with van der Waals surface area (Å²) < 4.78 is 19.9. The maximum absolute atomic E-state index is 13.9. The zero-order valence-electron chi connectivity index (χ0n) is 12.1. The van der Waals surface area contributed by atoms with Crippen molar-refractivity contribution in [3.63, 3.8) is 0 Å². The molecular weight excluding hydrogens is 301 g/mol. The van der Waals surface area contributed by atoms with Crippen molar-refractivity contribution in [1.82, 2.24) is 0 Å². The molecule has 0 aromatic heterocycles. The number of hydrogen-bond acceptors (Lipinski definition) is 2. The molecule has 0 aliphatic carbocycles. The molecule has 22 heavy (non-hydrogen) atoms. The van der Waals surface area contributed by atoms with E-state index in [0.29, 0.717) is 5.92 Å². The Hall–Kier alpha value is -1.58. The molecule has 2 heterocycles. The molecule has 1 N–H and O–H groups in total. The number of fused-ring (bicyclic) bond motifs is 3. The molecule has 0 saturated carbocycles. The molecule has 0 unspecified atom stereocenters. The minimum Gasteiger partial charge on any atom is -0.377 e. The molecule has 2 aliphatic rings. The molecule has 2 nitrogen and oxygen atoms in total. The van der Waals surface area contributed by atoms with Crippen LogP contribution in [0.15, 0.2) is 42.5 Å². The normalized spacial score (nSPS) is 26.7. The van der Waals surface area contributed by atoms with Gasteiger partial charge < -0.3 is 10.1 Å². The van der Waals surface area contributed by atoms with Gasteiger partial charge in [-0.25, -0.2) is 4.39 Å². The van der Waals surface area contributed by atoms with Crippen molar-refractivity contribution in [2.45, 2.75) is 25.0 Å². The molecule has 1 saturated heterocycles. The van der Waals surface area contributed by atoms with Crippen molar-refractivity contribution < 1.29 is 9.13 Å². The van der Waals surface area contributed by atoms with E-state index in [2.05, 4.69) is 17.4 Å². The summed E-state index contributed by atoms with van der Waals surface area (Å²) in [4.78, 5) is 0. The van der Waals surface area contributed by atoms with Crippen LogP contribution in [0.25, 0.3) is 0 Å². The van der Waals surface area contributed by atoms with E-state index >= 15 is 0 Å². The van der Waals surface area contributed by atoms with Crippen LogP contribution in [-0.4, -0.2) is 6.61 Å². The minimum atomic E-state index is -0.381. The molecule has 4 rings (SSSR count). The number of nitrogens with one attached hydrogen (secondary N) is 1. The number of benzene rings is 2. The lowest BCUT2D eigenvalue weighted by molar-refractivity contribution is -0.0382. The lowest BCUT2D eigenvalue weighted by atomic mass is 9.77. The molecule has 2 aromatic carbocycles. The molecule has 3 atom stereocenters. The van der Waals surface area contributed by atoms with E-state index in [1.165, 1.54) is 11.6 Å². The van der Waals surface area contributed by atoms with E-state index in [1.807, 2.05) is 18.2 Å². The summed E-state index contributed by atoms with van der Waals surface area (Å²) in [5.74, 6) is -0.0717. The van der Waals surface area contributed by atoms with Crippen LogP contribution in [0.3, 0.4) is 0 Å². The smallest absolute Gasteiger partial charge is 0.142 e. The molecule has 0 bridgehead atoms. The van der Waals surface area contributed by atoms with Gasteiger partial charge in [0.2, 0.25) is 0 Å². The molecule has 2 aliphatic heterocycles. The Morgan fingerprint density at radius 1 is 1.18 bits per heavy atom. The summed E-state index contributed by atoms with van der Waals surface area (Å²) in [7, 11) is 0. The Bertz CT molecular complexity index is 691. The molecule has 0 amide bonds. The molecule has 0 radical (unpaired) electrons. The van der Waals surface area contributed by atoms with Crippen molar-refractivity contribution in [3.8, 4) is 0 Å². The third-order valence-electron chi connectivity index (χ3n) is 4.66. The zero-order chi connectivity index (χ0) is 15.1. The van der Waals surface area contributed by atoms with E-state index < -0.39 is 0 Å². The Labute approximate surface area is 134 Å². The average Bonchev–Trinajstić information content (AvgIpc) is 2.56.